The lowest BCUT2D eigenvalue weighted by molar-refractivity contribution is -0.140. The topological polar surface area (TPSA) is 253 Å². The molecule has 12 heteroatoms. The standard InChI is InChI=1S/C6H11NO4.C5H12N2O2.C2H5NO2/c7-4(6(10)11)2-1-3-5(8)9;6-3-1-2-4(7)5(8)9;3-1-2(4)5/h4H,1-3,7H2,(H,8,9)(H,10,11);4H,1-3,6-7H2,(H,8,9);1,3H2,(H,4,5). The van der Waals surface area contributed by atoms with Crippen LogP contribution in [0.2, 0.25) is 0 Å². The molecule has 0 amide bonds. The monoisotopic (exact) mass is 368 g/mol. The Morgan fingerprint density at radius 2 is 1.08 bits per heavy atom. The van der Waals surface area contributed by atoms with Crippen LogP contribution in [0.25, 0.3) is 0 Å². The molecular formula is C13H28N4O8. The molecular weight excluding hydrogens is 340 g/mol. The van der Waals surface area contributed by atoms with Crippen molar-refractivity contribution in [1.82, 2.24) is 0 Å². The van der Waals surface area contributed by atoms with Gasteiger partial charge in [-0.3, -0.25) is 19.2 Å². The van der Waals surface area contributed by atoms with Gasteiger partial charge in [0.05, 0.1) is 6.54 Å². The summed E-state index contributed by atoms with van der Waals surface area (Å²) in [7, 11) is 0. The van der Waals surface area contributed by atoms with Crippen LogP contribution in [0.4, 0.5) is 0 Å². The molecule has 0 aliphatic rings. The van der Waals surface area contributed by atoms with E-state index in [9.17, 15) is 19.2 Å². The summed E-state index contributed by atoms with van der Waals surface area (Å²) in [5, 5.41) is 32.3. The van der Waals surface area contributed by atoms with Crippen LogP contribution in [0, 0.1) is 0 Å². The molecule has 0 radical (unpaired) electrons. The van der Waals surface area contributed by atoms with E-state index in [4.69, 9.17) is 37.6 Å². The summed E-state index contributed by atoms with van der Waals surface area (Å²) in [6.45, 7) is 0.223. The van der Waals surface area contributed by atoms with Gasteiger partial charge >= 0.3 is 23.9 Å². The molecule has 12 nitrogen and oxygen atoms in total. The number of rotatable bonds is 10. The zero-order chi connectivity index (χ0) is 20.4. The van der Waals surface area contributed by atoms with E-state index in [1.165, 1.54) is 0 Å². The fourth-order valence-corrected chi connectivity index (χ4v) is 1.06. The average molecular weight is 368 g/mol. The minimum absolute atomic E-state index is 0.0268. The van der Waals surface area contributed by atoms with Gasteiger partial charge in [0.2, 0.25) is 0 Å². The Kier molecular flexibility index (Phi) is 19.9. The Morgan fingerprint density at radius 1 is 0.720 bits per heavy atom. The predicted octanol–water partition coefficient (Wildman–Crippen LogP) is -2.18. The molecule has 0 aliphatic heterocycles. The molecule has 0 aromatic rings. The number of hydrogen-bond donors (Lipinski definition) is 8. The largest absolute Gasteiger partial charge is 0.481 e. The van der Waals surface area contributed by atoms with E-state index in [2.05, 4.69) is 5.73 Å². The van der Waals surface area contributed by atoms with Crippen molar-refractivity contribution in [1.29, 1.82) is 0 Å². The summed E-state index contributed by atoms with van der Waals surface area (Å²) < 4.78 is 0. The molecule has 0 heterocycles. The summed E-state index contributed by atoms with van der Waals surface area (Å²) in [6.07, 6.45) is 1.63. The molecule has 0 fully saturated rings. The summed E-state index contributed by atoms with van der Waals surface area (Å²) in [4.78, 5) is 39.3. The first kappa shape index (κ1) is 27.6. The molecule has 0 spiro atoms. The number of carbonyl (C=O) groups is 4. The maximum Gasteiger partial charge on any atom is 0.320 e. The molecule has 2 atom stereocenters. The van der Waals surface area contributed by atoms with Gasteiger partial charge < -0.3 is 43.4 Å². The Morgan fingerprint density at radius 3 is 1.32 bits per heavy atom. The third kappa shape index (κ3) is 26.9. The van der Waals surface area contributed by atoms with E-state index < -0.39 is 36.0 Å². The summed E-state index contributed by atoms with van der Waals surface area (Å²) in [6, 6.07) is -1.68. The van der Waals surface area contributed by atoms with Crippen molar-refractivity contribution < 1.29 is 39.6 Å². The van der Waals surface area contributed by atoms with Crippen molar-refractivity contribution >= 4 is 23.9 Å². The first-order valence-electron chi connectivity index (χ1n) is 7.30. The Hall–Kier alpha value is -2.28. The quantitative estimate of drug-likeness (QED) is 0.205. The van der Waals surface area contributed by atoms with Crippen molar-refractivity contribution in [3.8, 4) is 0 Å². The molecule has 0 saturated carbocycles. The highest BCUT2D eigenvalue weighted by molar-refractivity contribution is 5.73. The Balaban J connectivity index is -0.000000311. The Bertz CT molecular complexity index is 405. The normalized spacial score (nSPS) is 11.7. The summed E-state index contributed by atoms with van der Waals surface area (Å²) >= 11 is 0. The lowest BCUT2D eigenvalue weighted by Crippen LogP contribution is -2.30. The van der Waals surface area contributed by atoms with Crippen LogP contribution in [0.3, 0.4) is 0 Å². The first-order valence-corrected chi connectivity index (χ1v) is 7.30. The zero-order valence-electron chi connectivity index (χ0n) is 13.8. The number of aliphatic carboxylic acids is 4. The number of carboxylic acids is 4. The molecule has 12 N–H and O–H groups in total. The van der Waals surface area contributed by atoms with Crippen molar-refractivity contribution in [2.45, 2.75) is 44.2 Å². The van der Waals surface area contributed by atoms with Crippen LogP contribution in [0.15, 0.2) is 0 Å². The highest BCUT2D eigenvalue weighted by Crippen LogP contribution is 1.98. The predicted molar refractivity (Wildman–Crippen MR) is 87.7 cm³/mol. The molecule has 0 aliphatic carbocycles. The highest BCUT2D eigenvalue weighted by atomic mass is 16.4. The van der Waals surface area contributed by atoms with E-state index in [0.717, 1.165) is 0 Å². The SMILES string of the molecule is NC(CCCC(=O)O)C(=O)O.NCC(=O)O.NCCCC(N)C(=O)O. The number of hydrogen-bond acceptors (Lipinski definition) is 8. The molecule has 148 valence electrons. The van der Waals surface area contributed by atoms with Crippen LogP contribution in [-0.4, -0.2) is 69.5 Å². The lowest BCUT2D eigenvalue weighted by Gasteiger charge is -2.02. The van der Waals surface area contributed by atoms with Gasteiger partial charge in [-0.25, -0.2) is 0 Å². The van der Waals surface area contributed by atoms with Gasteiger partial charge in [0.15, 0.2) is 0 Å². The highest BCUT2D eigenvalue weighted by Gasteiger charge is 2.11. The molecule has 0 bridgehead atoms. The third-order valence-electron chi connectivity index (χ3n) is 2.43. The molecule has 0 aromatic carbocycles. The molecule has 2 unspecified atom stereocenters. The van der Waals surface area contributed by atoms with E-state index in [1.807, 2.05) is 0 Å². The second kappa shape index (κ2) is 18.1. The van der Waals surface area contributed by atoms with Crippen LogP contribution in [-0.2, 0) is 19.2 Å². The second-order valence-corrected chi connectivity index (χ2v) is 4.70. The van der Waals surface area contributed by atoms with Gasteiger partial charge in [-0.1, -0.05) is 0 Å². The van der Waals surface area contributed by atoms with Gasteiger partial charge in [-0.15, -0.1) is 0 Å². The van der Waals surface area contributed by atoms with Gasteiger partial charge in [-0.2, -0.15) is 0 Å². The maximum atomic E-state index is 10.1. The van der Waals surface area contributed by atoms with Crippen LogP contribution >= 0.6 is 0 Å². The van der Waals surface area contributed by atoms with Crippen LogP contribution < -0.4 is 22.9 Å². The van der Waals surface area contributed by atoms with Gasteiger partial charge in [0, 0.05) is 6.42 Å². The second-order valence-electron chi connectivity index (χ2n) is 4.70. The first-order chi connectivity index (χ1) is 11.5. The number of nitrogens with two attached hydrogens (primary N) is 4. The van der Waals surface area contributed by atoms with Crippen LogP contribution in [0.1, 0.15) is 32.1 Å². The third-order valence-corrected chi connectivity index (χ3v) is 2.43. The van der Waals surface area contributed by atoms with Gasteiger partial charge in [0.25, 0.3) is 0 Å². The van der Waals surface area contributed by atoms with Crippen molar-refractivity contribution in [2.75, 3.05) is 13.1 Å². The lowest BCUT2D eigenvalue weighted by atomic mass is 10.1. The molecule has 0 rings (SSSR count). The van der Waals surface area contributed by atoms with Crippen LogP contribution in [0.5, 0.6) is 0 Å². The van der Waals surface area contributed by atoms with E-state index in [0.29, 0.717) is 25.8 Å². The minimum atomic E-state index is -1.09. The van der Waals surface area contributed by atoms with Gasteiger partial charge in [0.1, 0.15) is 12.1 Å². The fraction of sp³-hybridized carbons (Fsp3) is 0.692. The smallest absolute Gasteiger partial charge is 0.320 e. The zero-order valence-corrected chi connectivity index (χ0v) is 13.8. The summed E-state index contributed by atoms with van der Waals surface area (Å²) in [5.74, 6) is -3.94. The van der Waals surface area contributed by atoms with Crippen molar-refractivity contribution in [3.63, 3.8) is 0 Å². The Labute approximate surface area is 144 Å². The fourth-order valence-electron chi connectivity index (χ4n) is 1.06. The maximum absolute atomic E-state index is 10.1. The number of carboxylic acid groups (broad SMARTS) is 4. The van der Waals surface area contributed by atoms with Gasteiger partial charge in [-0.05, 0) is 32.2 Å². The minimum Gasteiger partial charge on any atom is -0.481 e. The van der Waals surface area contributed by atoms with Crippen molar-refractivity contribution in [2.24, 2.45) is 22.9 Å². The molecule has 0 aromatic heterocycles. The van der Waals surface area contributed by atoms with E-state index in [1.54, 1.807) is 0 Å². The van der Waals surface area contributed by atoms with E-state index in [-0.39, 0.29) is 19.4 Å². The molecule has 25 heavy (non-hydrogen) atoms. The average Bonchev–Trinajstić information content (AvgIpc) is 2.52. The molecule has 0 saturated heterocycles. The summed E-state index contributed by atoms with van der Waals surface area (Å²) in [5.41, 5.74) is 20.0. The van der Waals surface area contributed by atoms with Crippen molar-refractivity contribution in [3.05, 3.63) is 0 Å². The van der Waals surface area contributed by atoms with E-state index >= 15 is 0 Å².